The number of anilines is 1. The zero-order valence-corrected chi connectivity index (χ0v) is 15.5. The molecule has 0 spiro atoms. The Hall–Kier alpha value is -2.53. The average molecular weight is 356 g/mol. The Balaban J connectivity index is 1.86. The van der Waals surface area contributed by atoms with Crippen LogP contribution in [0.15, 0.2) is 54.6 Å². The van der Waals surface area contributed by atoms with Crippen molar-refractivity contribution < 1.29 is 14.3 Å². The van der Waals surface area contributed by atoms with Crippen LogP contribution in [-0.4, -0.2) is 32.3 Å². The van der Waals surface area contributed by atoms with E-state index in [1.165, 1.54) is 0 Å². The van der Waals surface area contributed by atoms with E-state index in [2.05, 4.69) is 17.6 Å². The summed E-state index contributed by atoms with van der Waals surface area (Å²) in [6, 6.07) is 17.6. The van der Waals surface area contributed by atoms with Crippen molar-refractivity contribution in [3.63, 3.8) is 0 Å². The lowest BCUT2D eigenvalue weighted by Gasteiger charge is -2.18. The number of hydrogen-bond acceptors (Lipinski definition) is 4. The van der Waals surface area contributed by atoms with E-state index in [1.807, 2.05) is 61.5 Å². The van der Waals surface area contributed by atoms with Crippen molar-refractivity contribution >= 4 is 11.6 Å². The first kappa shape index (κ1) is 19.8. The molecule has 5 heteroatoms. The Labute approximate surface area is 155 Å². The van der Waals surface area contributed by atoms with Gasteiger partial charge in [0, 0.05) is 6.61 Å². The molecule has 0 radical (unpaired) electrons. The highest BCUT2D eigenvalue weighted by atomic mass is 16.5. The molecule has 2 aromatic carbocycles. The molecule has 1 unspecified atom stereocenters. The summed E-state index contributed by atoms with van der Waals surface area (Å²) in [5, 5.41) is 6.23. The predicted octanol–water partition coefficient (Wildman–Crippen LogP) is 3.78. The monoisotopic (exact) mass is 356 g/mol. The van der Waals surface area contributed by atoms with E-state index in [-0.39, 0.29) is 18.5 Å². The standard InChI is InChI=1S/C21H28N2O3/c1-3-18(17-10-6-5-7-11-17)23-21(24)16-22-19-12-8-9-13-20(19)26-15-14-25-4-2/h5-13,18,22H,3-4,14-16H2,1-2H3,(H,23,24). The summed E-state index contributed by atoms with van der Waals surface area (Å²) in [5.74, 6) is 0.667. The van der Waals surface area contributed by atoms with Gasteiger partial charge >= 0.3 is 0 Å². The van der Waals surface area contributed by atoms with Crippen LogP contribution in [0.2, 0.25) is 0 Å². The minimum absolute atomic E-state index is 0.0168. The Morgan fingerprint density at radius 3 is 2.46 bits per heavy atom. The third-order valence-corrected chi connectivity index (χ3v) is 3.96. The van der Waals surface area contributed by atoms with Gasteiger partial charge in [0.25, 0.3) is 0 Å². The van der Waals surface area contributed by atoms with Crippen LogP contribution in [0, 0.1) is 0 Å². The minimum Gasteiger partial charge on any atom is -0.489 e. The summed E-state index contributed by atoms with van der Waals surface area (Å²) in [4.78, 5) is 12.3. The summed E-state index contributed by atoms with van der Waals surface area (Å²) < 4.78 is 11.0. The molecule has 1 atom stereocenters. The molecule has 1 amide bonds. The first-order valence-electron chi connectivity index (χ1n) is 9.12. The van der Waals surface area contributed by atoms with Crippen LogP contribution >= 0.6 is 0 Å². The third-order valence-electron chi connectivity index (χ3n) is 3.96. The van der Waals surface area contributed by atoms with Gasteiger partial charge in [-0.1, -0.05) is 49.4 Å². The highest BCUT2D eigenvalue weighted by Gasteiger charge is 2.12. The van der Waals surface area contributed by atoms with Gasteiger partial charge in [0.2, 0.25) is 5.91 Å². The fourth-order valence-electron chi connectivity index (χ4n) is 2.62. The number of carbonyl (C=O) groups is 1. The minimum atomic E-state index is -0.0511. The van der Waals surface area contributed by atoms with Gasteiger partial charge in [0.15, 0.2) is 0 Å². The van der Waals surface area contributed by atoms with Gasteiger partial charge in [0.1, 0.15) is 12.4 Å². The molecule has 0 bridgehead atoms. The molecule has 0 aliphatic carbocycles. The first-order chi connectivity index (χ1) is 12.7. The molecular formula is C21H28N2O3. The second kappa shape index (κ2) is 11.2. The van der Waals surface area contributed by atoms with Gasteiger partial charge in [0.05, 0.1) is 24.9 Å². The summed E-state index contributed by atoms with van der Waals surface area (Å²) in [7, 11) is 0. The number of carbonyl (C=O) groups excluding carboxylic acids is 1. The Morgan fingerprint density at radius 2 is 1.73 bits per heavy atom. The van der Waals surface area contributed by atoms with E-state index in [0.29, 0.717) is 19.8 Å². The number of rotatable bonds is 11. The van der Waals surface area contributed by atoms with E-state index >= 15 is 0 Å². The second-order valence-corrected chi connectivity index (χ2v) is 5.83. The maximum atomic E-state index is 12.3. The topological polar surface area (TPSA) is 59.6 Å². The number of benzene rings is 2. The van der Waals surface area contributed by atoms with Crippen LogP contribution in [0.1, 0.15) is 31.9 Å². The van der Waals surface area contributed by atoms with Gasteiger partial charge in [-0.25, -0.2) is 0 Å². The van der Waals surface area contributed by atoms with Crippen LogP contribution in [-0.2, 0) is 9.53 Å². The van der Waals surface area contributed by atoms with Gasteiger partial charge in [-0.3, -0.25) is 4.79 Å². The summed E-state index contributed by atoms with van der Waals surface area (Å²) in [5.41, 5.74) is 1.91. The summed E-state index contributed by atoms with van der Waals surface area (Å²) in [6.45, 7) is 5.89. The molecule has 2 aromatic rings. The fourth-order valence-corrected chi connectivity index (χ4v) is 2.62. The number of para-hydroxylation sites is 2. The van der Waals surface area contributed by atoms with Gasteiger partial charge in [-0.05, 0) is 31.0 Å². The highest BCUT2D eigenvalue weighted by molar-refractivity contribution is 5.81. The first-order valence-corrected chi connectivity index (χ1v) is 9.12. The van der Waals surface area contributed by atoms with Crippen molar-refractivity contribution in [2.45, 2.75) is 26.3 Å². The Morgan fingerprint density at radius 1 is 1.00 bits per heavy atom. The van der Waals surface area contributed by atoms with Crippen molar-refractivity contribution in [3.05, 3.63) is 60.2 Å². The summed E-state index contributed by atoms with van der Waals surface area (Å²) in [6.07, 6.45) is 0.840. The maximum Gasteiger partial charge on any atom is 0.239 e. The predicted molar refractivity (Wildman–Crippen MR) is 105 cm³/mol. The van der Waals surface area contributed by atoms with Crippen molar-refractivity contribution in [3.8, 4) is 5.75 Å². The summed E-state index contributed by atoms with van der Waals surface area (Å²) >= 11 is 0. The molecule has 140 valence electrons. The van der Waals surface area contributed by atoms with Gasteiger partial charge < -0.3 is 20.1 Å². The van der Waals surface area contributed by atoms with Crippen LogP contribution < -0.4 is 15.4 Å². The van der Waals surface area contributed by atoms with Crippen LogP contribution in [0.3, 0.4) is 0 Å². The molecule has 0 aliphatic rings. The van der Waals surface area contributed by atoms with E-state index in [9.17, 15) is 4.79 Å². The largest absolute Gasteiger partial charge is 0.489 e. The zero-order chi connectivity index (χ0) is 18.6. The molecule has 0 saturated carbocycles. The van der Waals surface area contributed by atoms with Crippen LogP contribution in [0.5, 0.6) is 5.75 Å². The van der Waals surface area contributed by atoms with Crippen molar-refractivity contribution in [2.24, 2.45) is 0 Å². The Kier molecular flexibility index (Phi) is 8.49. The molecule has 0 heterocycles. The lowest BCUT2D eigenvalue weighted by atomic mass is 10.0. The number of hydrogen-bond donors (Lipinski definition) is 2. The van der Waals surface area contributed by atoms with Crippen molar-refractivity contribution in [2.75, 3.05) is 31.7 Å². The van der Waals surface area contributed by atoms with E-state index in [1.54, 1.807) is 0 Å². The molecule has 5 nitrogen and oxygen atoms in total. The molecule has 0 saturated heterocycles. The van der Waals surface area contributed by atoms with E-state index < -0.39 is 0 Å². The lowest BCUT2D eigenvalue weighted by molar-refractivity contribution is -0.120. The molecular weight excluding hydrogens is 328 g/mol. The molecule has 2 N–H and O–H groups in total. The average Bonchev–Trinajstić information content (AvgIpc) is 2.69. The molecule has 2 rings (SSSR count). The van der Waals surface area contributed by atoms with Gasteiger partial charge in [-0.15, -0.1) is 0 Å². The quantitative estimate of drug-likeness (QED) is 0.602. The van der Waals surface area contributed by atoms with Gasteiger partial charge in [-0.2, -0.15) is 0 Å². The van der Waals surface area contributed by atoms with Crippen LogP contribution in [0.25, 0.3) is 0 Å². The molecule has 0 aliphatic heterocycles. The fraction of sp³-hybridized carbons (Fsp3) is 0.381. The third kappa shape index (κ3) is 6.41. The molecule has 0 aromatic heterocycles. The maximum absolute atomic E-state index is 12.3. The normalized spacial score (nSPS) is 11.6. The Bertz CT molecular complexity index is 661. The number of ether oxygens (including phenoxy) is 2. The second-order valence-electron chi connectivity index (χ2n) is 5.83. The number of amides is 1. The van der Waals surface area contributed by atoms with Crippen molar-refractivity contribution in [1.29, 1.82) is 0 Å². The SMILES string of the molecule is CCOCCOc1ccccc1NCC(=O)NC(CC)c1ccccc1. The molecule has 0 fully saturated rings. The zero-order valence-electron chi connectivity index (χ0n) is 15.5. The number of nitrogens with one attached hydrogen (secondary N) is 2. The van der Waals surface area contributed by atoms with E-state index in [4.69, 9.17) is 9.47 Å². The molecule has 26 heavy (non-hydrogen) atoms. The van der Waals surface area contributed by atoms with Crippen LogP contribution in [0.4, 0.5) is 5.69 Å². The highest BCUT2D eigenvalue weighted by Crippen LogP contribution is 2.23. The van der Waals surface area contributed by atoms with E-state index in [0.717, 1.165) is 23.4 Å². The van der Waals surface area contributed by atoms with Crippen molar-refractivity contribution in [1.82, 2.24) is 5.32 Å². The lowest BCUT2D eigenvalue weighted by Crippen LogP contribution is -2.33. The smallest absolute Gasteiger partial charge is 0.239 e.